The van der Waals surface area contributed by atoms with Crippen LogP contribution in [0, 0.1) is 11.3 Å². The molecule has 1 heterocycles. The van der Waals surface area contributed by atoms with Crippen LogP contribution in [0.15, 0.2) is 42.6 Å². The summed E-state index contributed by atoms with van der Waals surface area (Å²) in [6.45, 7) is 0.460. The van der Waals surface area contributed by atoms with Gasteiger partial charge in [-0.2, -0.15) is 5.26 Å². The molecule has 4 nitrogen and oxygen atoms in total. The van der Waals surface area contributed by atoms with Gasteiger partial charge in [-0.15, -0.1) is 0 Å². The highest BCUT2D eigenvalue weighted by atomic mass is 16.5. The van der Waals surface area contributed by atoms with E-state index in [1.807, 2.05) is 43.4 Å². The predicted octanol–water partition coefficient (Wildman–Crippen LogP) is 2.77. The second-order valence-corrected chi connectivity index (χ2v) is 4.03. The minimum Gasteiger partial charge on any atom is -0.489 e. The monoisotopic (exact) mass is 253 g/mol. The lowest BCUT2D eigenvalue weighted by Crippen LogP contribution is -2.02. The van der Waals surface area contributed by atoms with Gasteiger partial charge < -0.3 is 10.1 Å². The number of nitrogens with one attached hydrogen (secondary N) is 1. The number of hydrogen-bond acceptors (Lipinski definition) is 4. The molecule has 19 heavy (non-hydrogen) atoms. The average Bonchev–Trinajstić information content (AvgIpc) is 2.47. The molecule has 0 aliphatic carbocycles. The Bertz CT molecular complexity index is 573. The summed E-state index contributed by atoms with van der Waals surface area (Å²) in [4.78, 5) is 4.22. The van der Waals surface area contributed by atoms with Gasteiger partial charge in [-0.05, 0) is 23.8 Å². The zero-order valence-corrected chi connectivity index (χ0v) is 10.8. The first-order valence-electron chi connectivity index (χ1n) is 6.04. The number of rotatable bonds is 5. The smallest absolute Gasteiger partial charge is 0.132 e. The molecule has 0 saturated heterocycles. The van der Waals surface area contributed by atoms with Crippen LogP contribution in [0.2, 0.25) is 0 Å². The minimum absolute atomic E-state index is 0.423. The molecule has 0 bridgehead atoms. The Labute approximate surface area is 112 Å². The summed E-state index contributed by atoms with van der Waals surface area (Å²) in [5.41, 5.74) is 2.00. The van der Waals surface area contributed by atoms with Crippen LogP contribution in [-0.2, 0) is 13.0 Å². The number of anilines is 1. The molecule has 0 aliphatic heterocycles. The summed E-state index contributed by atoms with van der Waals surface area (Å²) in [5.74, 6) is 1.61. The van der Waals surface area contributed by atoms with Crippen molar-refractivity contribution in [1.29, 1.82) is 5.26 Å². The molecule has 0 spiro atoms. The van der Waals surface area contributed by atoms with E-state index in [9.17, 15) is 0 Å². The van der Waals surface area contributed by atoms with Crippen molar-refractivity contribution >= 4 is 5.82 Å². The summed E-state index contributed by atoms with van der Waals surface area (Å²) < 4.78 is 5.70. The number of nitriles is 1. The number of benzene rings is 1. The van der Waals surface area contributed by atoms with E-state index in [1.165, 1.54) is 0 Å². The van der Waals surface area contributed by atoms with Gasteiger partial charge in [0.05, 0.1) is 12.5 Å². The first-order chi connectivity index (χ1) is 9.33. The lowest BCUT2D eigenvalue weighted by atomic mass is 10.2. The van der Waals surface area contributed by atoms with E-state index in [0.29, 0.717) is 13.0 Å². The standard InChI is InChI=1S/C15H15N3O/c1-17-15-13(3-2-10-18-15)11-19-14-6-4-12(5-7-14)8-9-16/h2-7,10H,8,11H2,1H3,(H,17,18). The van der Waals surface area contributed by atoms with Gasteiger partial charge >= 0.3 is 0 Å². The van der Waals surface area contributed by atoms with E-state index in [2.05, 4.69) is 16.4 Å². The zero-order valence-electron chi connectivity index (χ0n) is 10.8. The molecule has 2 rings (SSSR count). The molecule has 0 aliphatic rings. The SMILES string of the molecule is CNc1ncccc1COc1ccc(CC#N)cc1. The Morgan fingerprint density at radius 3 is 2.74 bits per heavy atom. The molecule has 0 amide bonds. The van der Waals surface area contributed by atoms with Gasteiger partial charge in [-0.1, -0.05) is 18.2 Å². The van der Waals surface area contributed by atoms with Gasteiger partial charge in [-0.3, -0.25) is 0 Å². The van der Waals surface area contributed by atoms with E-state index in [4.69, 9.17) is 10.00 Å². The van der Waals surface area contributed by atoms with Crippen LogP contribution in [0.25, 0.3) is 0 Å². The van der Waals surface area contributed by atoms with Gasteiger partial charge in [0.1, 0.15) is 18.2 Å². The zero-order chi connectivity index (χ0) is 13.5. The molecule has 2 aromatic rings. The van der Waals surface area contributed by atoms with Crippen molar-refractivity contribution in [3.8, 4) is 11.8 Å². The van der Waals surface area contributed by atoms with Crippen LogP contribution in [0.3, 0.4) is 0 Å². The highest BCUT2D eigenvalue weighted by Crippen LogP contribution is 2.17. The Balaban J connectivity index is 2.00. The van der Waals surface area contributed by atoms with Crippen molar-refractivity contribution in [2.75, 3.05) is 12.4 Å². The van der Waals surface area contributed by atoms with Crippen molar-refractivity contribution in [3.63, 3.8) is 0 Å². The van der Waals surface area contributed by atoms with E-state index >= 15 is 0 Å². The molecule has 96 valence electrons. The summed E-state index contributed by atoms with van der Waals surface area (Å²) in [6, 6.07) is 13.5. The second-order valence-electron chi connectivity index (χ2n) is 4.03. The quantitative estimate of drug-likeness (QED) is 0.890. The first kappa shape index (κ1) is 12.9. The van der Waals surface area contributed by atoms with Gasteiger partial charge in [-0.25, -0.2) is 4.98 Å². The van der Waals surface area contributed by atoms with Crippen molar-refractivity contribution in [2.24, 2.45) is 0 Å². The van der Waals surface area contributed by atoms with Gasteiger partial charge in [0.25, 0.3) is 0 Å². The number of nitrogens with zero attached hydrogens (tertiary/aromatic N) is 2. The van der Waals surface area contributed by atoms with Crippen LogP contribution in [0.4, 0.5) is 5.82 Å². The number of hydrogen-bond donors (Lipinski definition) is 1. The number of aromatic nitrogens is 1. The fraction of sp³-hybridized carbons (Fsp3) is 0.200. The van der Waals surface area contributed by atoms with Crippen molar-refractivity contribution in [3.05, 3.63) is 53.7 Å². The Morgan fingerprint density at radius 2 is 2.05 bits per heavy atom. The maximum atomic E-state index is 8.60. The highest BCUT2D eigenvalue weighted by molar-refractivity contribution is 5.42. The molecule has 0 radical (unpaired) electrons. The van der Waals surface area contributed by atoms with Crippen LogP contribution in [0.1, 0.15) is 11.1 Å². The van der Waals surface area contributed by atoms with Crippen LogP contribution in [-0.4, -0.2) is 12.0 Å². The maximum absolute atomic E-state index is 8.60. The van der Waals surface area contributed by atoms with Crippen molar-refractivity contribution in [1.82, 2.24) is 4.98 Å². The lowest BCUT2D eigenvalue weighted by Gasteiger charge is -2.09. The minimum atomic E-state index is 0.423. The molecule has 1 aromatic heterocycles. The molecular formula is C15H15N3O. The van der Waals surface area contributed by atoms with Gasteiger partial charge in [0.2, 0.25) is 0 Å². The number of pyridine rings is 1. The molecular weight excluding hydrogens is 238 g/mol. The molecule has 4 heteroatoms. The van der Waals surface area contributed by atoms with Gasteiger partial charge in [0, 0.05) is 18.8 Å². The summed E-state index contributed by atoms with van der Waals surface area (Å²) in [6.07, 6.45) is 2.17. The summed E-state index contributed by atoms with van der Waals surface area (Å²) >= 11 is 0. The third kappa shape index (κ3) is 3.46. The topological polar surface area (TPSA) is 57.9 Å². The van der Waals surface area contributed by atoms with E-state index in [0.717, 1.165) is 22.7 Å². The van der Waals surface area contributed by atoms with E-state index < -0.39 is 0 Å². The predicted molar refractivity (Wildman–Crippen MR) is 73.9 cm³/mol. The summed E-state index contributed by atoms with van der Waals surface area (Å²) in [5, 5.41) is 11.6. The van der Waals surface area contributed by atoms with Crippen LogP contribution in [0.5, 0.6) is 5.75 Å². The fourth-order valence-corrected chi connectivity index (χ4v) is 1.74. The molecule has 1 aromatic carbocycles. The Morgan fingerprint density at radius 1 is 1.26 bits per heavy atom. The molecule has 0 atom stereocenters. The highest BCUT2D eigenvalue weighted by Gasteiger charge is 2.02. The van der Waals surface area contributed by atoms with Crippen LogP contribution < -0.4 is 10.1 Å². The first-order valence-corrected chi connectivity index (χ1v) is 6.04. The maximum Gasteiger partial charge on any atom is 0.132 e. The van der Waals surface area contributed by atoms with E-state index in [1.54, 1.807) is 6.20 Å². The molecule has 1 N–H and O–H groups in total. The third-order valence-corrected chi connectivity index (χ3v) is 2.73. The third-order valence-electron chi connectivity index (χ3n) is 2.73. The van der Waals surface area contributed by atoms with Crippen molar-refractivity contribution in [2.45, 2.75) is 13.0 Å². The fourth-order valence-electron chi connectivity index (χ4n) is 1.74. The largest absolute Gasteiger partial charge is 0.489 e. The Kier molecular flexibility index (Phi) is 4.35. The van der Waals surface area contributed by atoms with Crippen molar-refractivity contribution < 1.29 is 4.74 Å². The lowest BCUT2D eigenvalue weighted by molar-refractivity contribution is 0.306. The van der Waals surface area contributed by atoms with E-state index in [-0.39, 0.29) is 0 Å². The van der Waals surface area contributed by atoms with Gasteiger partial charge in [0.15, 0.2) is 0 Å². The van der Waals surface area contributed by atoms with Crippen LogP contribution >= 0.6 is 0 Å². The average molecular weight is 253 g/mol. The summed E-state index contributed by atoms with van der Waals surface area (Å²) in [7, 11) is 1.84. The normalized spacial score (nSPS) is 9.68. The molecule has 0 unspecified atom stereocenters. The second kappa shape index (κ2) is 6.41. The Hall–Kier alpha value is -2.54. The molecule has 0 fully saturated rings. The molecule has 0 saturated carbocycles. The number of ether oxygens (including phenoxy) is 1.